The molecule has 0 aromatic carbocycles. The third kappa shape index (κ3) is 3.95. The molecule has 0 unspecified atom stereocenters. The number of rotatable bonds is 5. The average molecular weight is 160 g/mol. The van der Waals surface area contributed by atoms with Crippen molar-refractivity contribution in [2.24, 2.45) is 5.73 Å². The summed E-state index contributed by atoms with van der Waals surface area (Å²) in [5.41, 5.74) is 5.26. The van der Waals surface area contributed by atoms with Crippen molar-refractivity contribution >= 4 is 5.97 Å². The lowest BCUT2D eigenvalue weighted by Crippen LogP contribution is -2.39. The van der Waals surface area contributed by atoms with Crippen LogP contribution in [0.5, 0.6) is 0 Å². The Balaban J connectivity index is 3.65. The van der Waals surface area contributed by atoms with E-state index in [9.17, 15) is 4.79 Å². The predicted octanol–water partition coefficient (Wildman–Crippen LogP) is -0.514. The first-order valence-electron chi connectivity index (χ1n) is 3.77. The van der Waals surface area contributed by atoms with Crippen molar-refractivity contribution in [2.75, 3.05) is 20.2 Å². The molecule has 0 aliphatic carbocycles. The maximum absolute atomic E-state index is 10.9. The van der Waals surface area contributed by atoms with Gasteiger partial charge in [-0.3, -0.25) is 4.79 Å². The standard InChI is InChI=1S/C7H16N2O2/c1-3-6(7(10)11-2)9-5-4-8/h6,9H,3-5,8H2,1-2H3/t6-/m0/s1. The molecule has 0 radical (unpaired) electrons. The van der Waals surface area contributed by atoms with Gasteiger partial charge in [-0.2, -0.15) is 0 Å². The summed E-state index contributed by atoms with van der Waals surface area (Å²) in [7, 11) is 1.38. The molecule has 66 valence electrons. The minimum atomic E-state index is -0.221. The van der Waals surface area contributed by atoms with Crippen LogP contribution in [0.4, 0.5) is 0 Å². The summed E-state index contributed by atoms with van der Waals surface area (Å²) >= 11 is 0. The second-order valence-corrected chi connectivity index (χ2v) is 2.23. The van der Waals surface area contributed by atoms with E-state index in [4.69, 9.17) is 5.73 Å². The number of esters is 1. The zero-order valence-corrected chi connectivity index (χ0v) is 7.09. The number of hydrogen-bond acceptors (Lipinski definition) is 4. The van der Waals surface area contributed by atoms with Crippen molar-refractivity contribution in [2.45, 2.75) is 19.4 Å². The van der Waals surface area contributed by atoms with E-state index in [1.54, 1.807) is 0 Å². The summed E-state index contributed by atoms with van der Waals surface area (Å²) in [6, 6.07) is -0.205. The fourth-order valence-electron chi connectivity index (χ4n) is 0.794. The quantitative estimate of drug-likeness (QED) is 0.531. The molecule has 0 bridgehead atoms. The van der Waals surface area contributed by atoms with Crippen LogP contribution in [0.15, 0.2) is 0 Å². The third-order valence-corrected chi connectivity index (χ3v) is 1.43. The molecule has 0 saturated heterocycles. The molecule has 1 atom stereocenters. The molecule has 0 aliphatic rings. The molecule has 0 aliphatic heterocycles. The van der Waals surface area contributed by atoms with Gasteiger partial charge >= 0.3 is 5.97 Å². The number of methoxy groups -OCH3 is 1. The fraction of sp³-hybridized carbons (Fsp3) is 0.857. The van der Waals surface area contributed by atoms with Crippen molar-refractivity contribution in [3.05, 3.63) is 0 Å². The average Bonchev–Trinajstić information content (AvgIpc) is 2.05. The maximum atomic E-state index is 10.9. The summed E-state index contributed by atoms with van der Waals surface area (Å²) in [6.45, 7) is 3.10. The lowest BCUT2D eigenvalue weighted by molar-refractivity contribution is -0.143. The van der Waals surface area contributed by atoms with Gasteiger partial charge in [-0.1, -0.05) is 6.92 Å². The van der Waals surface area contributed by atoms with E-state index in [0.717, 1.165) is 6.42 Å². The molecular weight excluding hydrogens is 144 g/mol. The normalized spacial score (nSPS) is 12.6. The molecule has 0 saturated carbocycles. The Morgan fingerprint density at radius 3 is 2.73 bits per heavy atom. The molecule has 0 heterocycles. The Hall–Kier alpha value is -0.610. The van der Waals surface area contributed by atoms with Gasteiger partial charge in [0.2, 0.25) is 0 Å². The number of nitrogens with one attached hydrogen (secondary N) is 1. The highest BCUT2D eigenvalue weighted by atomic mass is 16.5. The number of ether oxygens (including phenoxy) is 1. The first-order chi connectivity index (χ1) is 5.26. The van der Waals surface area contributed by atoms with Gasteiger partial charge in [0.15, 0.2) is 0 Å². The van der Waals surface area contributed by atoms with E-state index in [1.807, 2.05) is 6.92 Å². The zero-order chi connectivity index (χ0) is 8.69. The van der Waals surface area contributed by atoms with E-state index in [2.05, 4.69) is 10.1 Å². The van der Waals surface area contributed by atoms with Crippen LogP contribution < -0.4 is 11.1 Å². The summed E-state index contributed by atoms with van der Waals surface area (Å²) in [6.07, 6.45) is 0.729. The Labute approximate surface area is 67.1 Å². The van der Waals surface area contributed by atoms with Crippen LogP contribution >= 0.6 is 0 Å². The van der Waals surface area contributed by atoms with Crippen LogP contribution in [0.1, 0.15) is 13.3 Å². The van der Waals surface area contributed by atoms with Crippen LogP contribution in [0.3, 0.4) is 0 Å². The Bertz CT molecular complexity index is 117. The second-order valence-electron chi connectivity index (χ2n) is 2.23. The molecular formula is C7H16N2O2. The van der Waals surface area contributed by atoms with Crippen molar-refractivity contribution in [1.29, 1.82) is 0 Å². The summed E-state index contributed by atoms with van der Waals surface area (Å²) in [5, 5.41) is 2.97. The van der Waals surface area contributed by atoms with Crippen LogP contribution in [-0.2, 0) is 9.53 Å². The maximum Gasteiger partial charge on any atom is 0.322 e. The van der Waals surface area contributed by atoms with E-state index in [0.29, 0.717) is 13.1 Å². The minimum absolute atomic E-state index is 0.205. The van der Waals surface area contributed by atoms with Crippen molar-refractivity contribution in [3.8, 4) is 0 Å². The summed E-state index contributed by atoms with van der Waals surface area (Å²) in [5.74, 6) is -0.221. The highest BCUT2D eigenvalue weighted by Crippen LogP contribution is 1.92. The van der Waals surface area contributed by atoms with Crippen molar-refractivity contribution in [1.82, 2.24) is 5.32 Å². The minimum Gasteiger partial charge on any atom is -0.468 e. The SMILES string of the molecule is CC[C@H](NCCN)C(=O)OC. The third-order valence-electron chi connectivity index (χ3n) is 1.43. The highest BCUT2D eigenvalue weighted by Gasteiger charge is 2.14. The van der Waals surface area contributed by atoms with Crippen LogP contribution in [0, 0.1) is 0 Å². The fourth-order valence-corrected chi connectivity index (χ4v) is 0.794. The molecule has 0 fully saturated rings. The topological polar surface area (TPSA) is 64.3 Å². The van der Waals surface area contributed by atoms with E-state index >= 15 is 0 Å². The van der Waals surface area contributed by atoms with E-state index < -0.39 is 0 Å². The molecule has 3 N–H and O–H groups in total. The van der Waals surface area contributed by atoms with Gasteiger partial charge in [0, 0.05) is 13.1 Å². The lowest BCUT2D eigenvalue weighted by Gasteiger charge is -2.12. The summed E-state index contributed by atoms with van der Waals surface area (Å²) < 4.78 is 4.56. The van der Waals surface area contributed by atoms with Crippen molar-refractivity contribution in [3.63, 3.8) is 0 Å². The van der Waals surface area contributed by atoms with Crippen LogP contribution in [-0.4, -0.2) is 32.2 Å². The molecule has 0 rings (SSSR count). The number of carbonyl (C=O) groups excluding carboxylic acids is 1. The van der Waals surface area contributed by atoms with Gasteiger partial charge in [0.25, 0.3) is 0 Å². The van der Waals surface area contributed by atoms with Gasteiger partial charge in [-0.15, -0.1) is 0 Å². The Morgan fingerprint density at radius 1 is 1.73 bits per heavy atom. The Kier molecular flexibility index (Phi) is 5.78. The largest absolute Gasteiger partial charge is 0.468 e. The lowest BCUT2D eigenvalue weighted by atomic mass is 10.2. The van der Waals surface area contributed by atoms with E-state index in [-0.39, 0.29) is 12.0 Å². The number of hydrogen-bond donors (Lipinski definition) is 2. The van der Waals surface area contributed by atoms with Gasteiger partial charge < -0.3 is 15.8 Å². The first kappa shape index (κ1) is 10.4. The van der Waals surface area contributed by atoms with Crippen molar-refractivity contribution < 1.29 is 9.53 Å². The van der Waals surface area contributed by atoms with Gasteiger partial charge in [0.1, 0.15) is 6.04 Å². The van der Waals surface area contributed by atoms with Crippen LogP contribution in [0.2, 0.25) is 0 Å². The molecule has 11 heavy (non-hydrogen) atoms. The Morgan fingerprint density at radius 2 is 2.36 bits per heavy atom. The van der Waals surface area contributed by atoms with E-state index in [1.165, 1.54) is 7.11 Å². The van der Waals surface area contributed by atoms with Crippen LogP contribution in [0.25, 0.3) is 0 Å². The number of carbonyl (C=O) groups is 1. The molecule has 0 spiro atoms. The second kappa shape index (κ2) is 6.12. The summed E-state index contributed by atoms with van der Waals surface area (Å²) in [4.78, 5) is 10.9. The molecule has 4 heteroatoms. The molecule has 0 aromatic heterocycles. The monoisotopic (exact) mass is 160 g/mol. The first-order valence-corrected chi connectivity index (χ1v) is 3.77. The predicted molar refractivity (Wildman–Crippen MR) is 43.2 cm³/mol. The van der Waals surface area contributed by atoms with Gasteiger partial charge in [-0.05, 0) is 6.42 Å². The molecule has 4 nitrogen and oxygen atoms in total. The molecule has 0 aromatic rings. The smallest absolute Gasteiger partial charge is 0.322 e. The molecule has 0 amide bonds. The zero-order valence-electron chi connectivity index (χ0n) is 7.09. The highest BCUT2D eigenvalue weighted by molar-refractivity contribution is 5.75. The number of nitrogens with two attached hydrogens (primary N) is 1. The van der Waals surface area contributed by atoms with Gasteiger partial charge in [0.05, 0.1) is 7.11 Å². The van der Waals surface area contributed by atoms with Gasteiger partial charge in [-0.25, -0.2) is 0 Å².